The van der Waals surface area contributed by atoms with Crippen LogP contribution in [0.5, 0.6) is 0 Å². The average Bonchev–Trinajstić information content (AvgIpc) is 2.68. The Balaban J connectivity index is 2.04. The maximum Gasteiger partial charge on any atom is 0.374 e. The van der Waals surface area contributed by atoms with Crippen LogP contribution in [0.1, 0.15) is 32.2 Å². The van der Waals surface area contributed by atoms with Crippen LogP contribution in [0.3, 0.4) is 0 Å². The summed E-state index contributed by atoms with van der Waals surface area (Å²) in [5, 5.41) is 0.338. The van der Waals surface area contributed by atoms with Crippen LogP contribution >= 0.6 is 11.8 Å². The van der Waals surface area contributed by atoms with Crippen molar-refractivity contribution >= 4 is 17.1 Å². The summed E-state index contributed by atoms with van der Waals surface area (Å²) in [5.74, 6) is 0.880. The van der Waals surface area contributed by atoms with E-state index in [0.717, 1.165) is 24.1 Å². The number of carbonyl (C=O) groups is 1. The summed E-state index contributed by atoms with van der Waals surface area (Å²) in [6.07, 6.45) is 1.89. The Morgan fingerprint density at radius 1 is 1.29 bits per heavy atom. The zero-order chi connectivity index (χ0) is 15.5. The number of hydrogen-bond acceptors (Lipinski definition) is 4. The van der Waals surface area contributed by atoms with Gasteiger partial charge >= 0.3 is 5.30 Å². The minimum atomic E-state index is -0.480. The van der Waals surface area contributed by atoms with Crippen molar-refractivity contribution < 1.29 is 9.53 Å². The molecule has 0 spiro atoms. The molecule has 1 heterocycles. The molecule has 21 heavy (non-hydrogen) atoms. The molecule has 0 unspecified atom stereocenters. The molecular weight excluding hydrogens is 284 g/mol. The van der Waals surface area contributed by atoms with Crippen LogP contribution in [-0.2, 0) is 11.3 Å². The van der Waals surface area contributed by atoms with Gasteiger partial charge in [0.05, 0.1) is 0 Å². The Kier molecular flexibility index (Phi) is 4.73. The molecular formula is C16H20N2O2S. The molecule has 0 saturated carbocycles. The normalized spacial score (nSPS) is 11.4. The van der Waals surface area contributed by atoms with Gasteiger partial charge in [-0.3, -0.25) is 0 Å². The molecule has 0 amide bonds. The lowest BCUT2D eigenvalue weighted by atomic mass is 10.2. The zero-order valence-corrected chi connectivity index (χ0v) is 13.6. The van der Waals surface area contributed by atoms with Gasteiger partial charge < -0.3 is 9.30 Å². The summed E-state index contributed by atoms with van der Waals surface area (Å²) in [6.45, 7) is 8.23. The van der Waals surface area contributed by atoms with E-state index in [4.69, 9.17) is 4.74 Å². The lowest BCUT2D eigenvalue weighted by molar-refractivity contribution is 0.0738. The second-order valence-electron chi connectivity index (χ2n) is 5.81. The number of carbonyl (C=O) groups excluding carboxylic acids is 1. The lowest BCUT2D eigenvalue weighted by Crippen LogP contribution is -2.21. The summed E-state index contributed by atoms with van der Waals surface area (Å²) in [6, 6.07) is 10.2. The molecule has 0 aliphatic carbocycles. The van der Waals surface area contributed by atoms with E-state index in [9.17, 15) is 4.79 Å². The van der Waals surface area contributed by atoms with Crippen LogP contribution in [0.2, 0.25) is 0 Å². The third-order valence-electron chi connectivity index (χ3n) is 2.73. The zero-order valence-electron chi connectivity index (χ0n) is 12.8. The first-order chi connectivity index (χ1) is 9.83. The first-order valence-corrected chi connectivity index (χ1v) is 7.64. The van der Waals surface area contributed by atoms with E-state index in [-0.39, 0.29) is 5.30 Å². The van der Waals surface area contributed by atoms with Crippen molar-refractivity contribution in [3.05, 3.63) is 47.9 Å². The number of nitrogens with zero attached hydrogens (tertiary/aromatic N) is 2. The van der Waals surface area contributed by atoms with Crippen molar-refractivity contribution in [1.82, 2.24) is 9.55 Å². The Morgan fingerprint density at radius 3 is 2.57 bits per heavy atom. The summed E-state index contributed by atoms with van der Waals surface area (Å²) in [4.78, 5) is 16.2. The van der Waals surface area contributed by atoms with Crippen molar-refractivity contribution in [2.75, 3.05) is 0 Å². The Bertz CT molecular complexity index is 615. The van der Waals surface area contributed by atoms with E-state index in [1.165, 1.54) is 5.56 Å². The van der Waals surface area contributed by atoms with Gasteiger partial charge in [-0.15, -0.1) is 0 Å². The molecule has 0 N–H and O–H groups in total. The van der Waals surface area contributed by atoms with E-state index in [2.05, 4.69) is 17.1 Å². The SMILES string of the molecule is Cc1nc(SC(=O)OC(C)(C)C)cn1Cc1ccccc1. The van der Waals surface area contributed by atoms with Crippen LogP contribution in [-0.4, -0.2) is 20.5 Å². The molecule has 0 bridgehead atoms. The van der Waals surface area contributed by atoms with Crippen LogP contribution in [0.25, 0.3) is 0 Å². The molecule has 112 valence electrons. The maximum atomic E-state index is 11.8. The molecule has 0 fully saturated rings. The van der Waals surface area contributed by atoms with E-state index in [1.54, 1.807) is 0 Å². The standard InChI is InChI=1S/C16H20N2O2S/c1-12-17-14(21-15(19)20-16(2,3)4)11-18(12)10-13-8-6-5-7-9-13/h5-9,11H,10H2,1-4H3. The number of imidazole rings is 1. The molecule has 2 rings (SSSR count). The highest BCUT2D eigenvalue weighted by atomic mass is 32.2. The van der Waals surface area contributed by atoms with Gasteiger partial charge in [-0.05, 0) is 33.3 Å². The van der Waals surface area contributed by atoms with E-state index in [1.807, 2.05) is 56.7 Å². The molecule has 0 atom stereocenters. The number of benzene rings is 1. The second-order valence-corrected chi connectivity index (χ2v) is 6.76. The highest BCUT2D eigenvalue weighted by Gasteiger charge is 2.18. The number of rotatable bonds is 3. The first kappa shape index (κ1) is 15.6. The van der Waals surface area contributed by atoms with Crippen LogP contribution in [0.15, 0.2) is 41.6 Å². The van der Waals surface area contributed by atoms with Gasteiger partial charge in [0.2, 0.25) is 0 Å². The maximum absolute atomic E-state index is 11.8. The molecule has 5 heteroatoms. The van der Waals surface area contributed by atoms with Gasteiger partial charge in [0, 0.05) is 24.5 Å². The molecule has 1 aromatic heterocycles. The van der Waals surface area contributed by atoms with Crippen LogP contribution in [0, 0.1) is 6.92 Å². The van der Waals surface area contributed by atoms with Crippen molar-refractivity contribution in [2.45, 2.75) is 44.9 Å². The van der Waals surface area contributed by atoms with E-state index >= 15 is 0 Å². The number of thioether (sulfide) groups is 1. The Morgan fingerprint density at radius 2 is 1.95 bits per heavy atom. The van der Waals surface area contributed by atoms with Crippen molar-refractivity contribution in [2.24, 2.45) is 0 Å². The van der Waals surface area contributed by atoms with Gasteiger partial charge in [0.25, 0.3) is 0 Å². The smallest absolute Gasteiger partial charge is 0.374 e. The van der Waals surface area contributed by atoms with Crippen molar-refractivity contribution in [3.8, 4) is 0 Å². The van der Waals surface area contributed by atoms with E-state index < -0.39 is 5.60 Å². The molecule has 0 aliphatic rings. The topological polar surface area (TPSA) is 44.1 Å². The molecule has 0 saturated heterocycles. The average molecular weight is 304 g/mol. The number of hydrogen-bond donors (Lipinski definition) is 0. The summed E-state index contributed by atoms with van der Waals surface area (Å²) in [5.41, 5.74) is 0.720. The predicted octanol–water partition coefficient (Wildman–Crippen LogP) is 4.27. The van der Waals surface area contributed by atoms with Gasteiger partial charge in [-0.2, -0.15) is 0 Å². The lowest BCUT2D eigenvalue weighted by Gasteiger charge is -2.18. The van der Waals surface area contributed by atoms with Gasteiger partial charge in [0.15, 0.2) is 0 Å². The molecule has 0 radical (unpaired) electrons. The van der Waals surface area contributed by atoms with Crippen molar-refractivity contribution in [1.29, 1.82) is 0 Å². The minimum absolute atomic E-state index is 0.327. The fourth-order valence-corrected chi connectivity index (χ4v) is 2.64. The second kappa shape index (κ2) is 6.35. The number of ether oxygens (including phenoxy) is 1. The van der Waals surface area contributed by atoms with E-state index in [0.29, 0.717) is 5.03 Å². The van der Waals surface area contributed by atoms with Gasteiger partial charge in [-0.1, -0.05) is 30.3 Å². The Labute approximate surface area is 129 Å². The number of aryl methyl sites for hydroxylation is 1. The van der Waals surface area contributed by atoms with Crippen molar-refractivity contribution in [3.63, 3.8) is 0 Å². The summed E-state index contributed by atoms with van der Waals surface area (Å²) in [7, 11) is 0. The molecule has 2 aromatic rings. The van der Waals surface area contributed by atoms with Crippen LogP contribution < -0.4 is 0 Å². The van der Waals surface area contributed by atoms with Crippen LogP contribution in [0.4, 0.5) is 4.79 Å². The molecule has 1 aromatic carbocycles. The Hall–Kier alpha value is -1.75. The summed E-state index contributed by atoms with van der Waals surface area (Å²) < 4.78 is 7.31. The highest BCUT2D eigenvalue weighted by molar-refractivity contribution is 8.13. The molecule has 0 aliphatic heterocycles. The fourth-order valence-electron chi connectivity index (χ4n) is 1.82. The highest BCUT2D eigenvalue weighted by Crippen LogP contribution is 2.23. The molecule has 4 nitrogen and oxygen atoms in total. The third kappa shape index (κ3) is 4.93. The first-order valence-electron chi connectivity index (χ1n) is 6.82. The predicted molar refractivity (Wildman–Crippen MR) is 84.6 cm³/mol. The third-order valence-corrected chi connectivity index (χ3v) is 3.38. The van der Waals surface area contributed by atoms with Gasteiger partial charge in [0.1, 0.15) is 16.5 Å². The van der Waals surface area contributed by atoms with Gasteiger partial charge in [-0.25, -0.2) is 9.78 Å². The quantitative estimate of drug-likeness (QED) is 0.627. The number of aromatic nitrogens is 2. The summed E-state index contributed by atoms with van der Waals surface area (Å²) >= 11 is 1.02. The fraction of sp³-hybridized carbons (Fsp3) is 0.375. The monoisotopic (exact) mass is 304 g/mol. The minimum Gasteiger partial charge on any atom is -0.452 e. The largest absolute Gasteiger partial charge is 0.452 e.